The van der Waals surface area contributed by atoms with Gasteiger partial charge < -0.3 is 10.0 Å². The Kier molecular flexibility index (Phi) is 3.93. The fourth-order valence-electron chi connectivity index (χ4n) is 3.14. The zero-order valence-electron chi connectivity index (χ0n) is 13.7. The number of hydrogen-bond donors (Lipinski definition) is 1. The third kappa shape index (κ3) is 3.12. The molecule has 2 heterocycles. The summed E-state index contributed by atoms with van der Waals surface area (Å²) < 4.78 is 1.65. The van der Waals surface area contributed by atoms with Crippen molar-refractivity contribution in [3.8, 4) is 11.4 Å². The summed E-state index contributed by atoms with van der Waals surface area (Å²) in [5.41, 5.74) is 0.618. The van der Waals surface area contributed by atoms with E-state index in [0.717, 1.165) is 18.4 Å². The van der Waals surface area contributed by atoms with Gasteiger partial charge in [0.25, 0.3) is 5.91 Å². The standard InChI is InChI=1S/C17H22N4O2/c1-17(2,23)14-5-4-10-21(14)16(22)13-8-6-12(7-9-13)15-18-11-20(3)19-15/h6-9,11,14,23H,4-5,10H2,1-3H3. The number of carbonyl (C=O) groups is 1. The number of nitrogens with zero attached hydrogens (tertiary/aromatic N) is 4. The van der Waals surface area contributed by atoms with E-state index in [2.05, 4.69) is 10.1 Å². The Morgan fingerprint density at radius 2 is 2.00 bits per heavy atom. The summed E-state index contributed by atoms with van der Waals surface area (Å²) in [5, 5.41) is 14.5. The Morgan fingerprint density at radius 3 is 2.57 bits per heavy atom. The molecule has 3 rings (SSSR count). The fraction of sp³-hybridized carbons (Fsp3) is 0.471. The normalized spacial score (nSPS) is 18.4. The second-order valence-electron chi connectivity index (χ2n) is 6.63. The summed E-state index contributed by atoms with van der Waals surface area (Å²) in [7, 11) is 1.82. The number of amides is 1. The molecule has 1 unspecified atom stereocenters. The quantitative estimate of drug-likeness (QED) is 0.938. The molecule has 6 heteroatoms. The van der Waals surface area contributed by atoms with Crippen molar-refractivity contribution < 1.29 is 9.90 Å². The first-order chi connectivity index (χ1) is 10.9. The summed E-state index contributed by atoms with van der Waals surface area (Å²) >= 11 is 0. The highest BCUT2D eigenvalue weighted by molar-refractivity contribution is 5.95. The zero-order chi connectivity index (χ0) is 16.6. The molecule has 1 saturated heterocycles. The average molecular weight is 314 g/mol. The number of benzene rings is 1. The maximum Gasteiger partial charge on any atom is 0.254 e. The van der Waals surface area contributed by atoms with Crippen LogP contribution in [0.2, 0.25) is 0 Å². The van der Waals surface area contributed by atoms with E-state index in [1.165, 1.54) is 0 Å². The average Bonchev–Trinajstić information content (AvgIpc) is 3.15. The lowest BCUT2D eigenvalue weighted by Crippen LogP contribution is -2.48. The van der Waals surface area contributed by atoms with E-state index < -0.39 is 5.60 Å². The second-order valence-corrected chi connectivity index (χ2v) is 6.63. The van der Waals surface area contributed by atoms with E-state index in [4.69, 9.17) is 0 Å². The van der Waals surface area contributed by atoms with Gasteiger partial charge in [-0.15, -0.1) is 0 Å². The number of aromatic nitrogens is 3. The highest BCUT2D eigenvalue weighted by Gasteiger charge is 2.38. The van der Waals surface area contributed by atoms with Gasteiger partial charge in [0.05, 0.1) is 11.6 Å². The van der Waals surface area contributed by atoms with Crippen LogP contribution < -0.4 is 0 Å². The van der Waals surface area contributed by atoms with Crippen LogP contribution in [-0.4, -0.2) is 48.9 Å². The molecule has 1 N–H and O–H groups in total. The minimum atomic E-state index is -0.885. The Bertz CT molecular complexity index is 700. The molecule has 0 spiro atoms. The van der Waals surface area contributed by atoms with Crippen LogP contribution in [0.15, 0.2) is 30.6 Å². The van der Waals surface area contributed by atoms with E-state index in [9.17, 15) is 9.90 Å². The van der Waals surface area contributed by atoms with Crippen molar-refractivity contribution in [3.63, 3.8) is 0 Å². The number of likely N-dealkylation sites (tertiary alicyclic amines) is 1. The lowest BCUT2D eigenvalue weighted by atomic mass is 9.96. The minimum Gasteiger partial charge on any atom is -0.388 e. The second kappa shape index (κ2) is 5.77. The minimum absolute atomic E-state index is 0.0323. The first kappa shape index (κ1) is 15.7. The largest absolute Gasteiger partial charge is 0.388 e. The van der Waals surface area contributed by atoms with Gasteiger partial charge >= 0.3 is 0 Å². The molecule has 1 aromatic heterocycles. The van der Waals surface area contributed by atoms with Crippen LogP contribution in [0.5, 0.6) is 0 Å². The monoisotopic (exact) mass is 314 g/mol. The fourth-order valence-corrected chi connectivity index (χ4v) is 3.14. The number of aliphatic hydroxyl groups is 1. The lowest BCUT2D eigenvalue weighted by Gasteiger charge is -2.33. The molecule has 6 nitrogen and oxygen atoms in total. The SMILES string of the molecule is Cn1cnc(-c2ccc(C(=O)N3CCCC3C(C)(C)O)cc2)n1. The molecule has 0 aliphatic carbocycles. The van der Waals surface area contributed by atoms with Gasteiger partial charge in [-0.05, 0) is 38.8 Å². The first-order valence-corrected chi connectivity index (χ1v) is 7.85. The van der Waals surface area contributed by atoms with Crippen molar-refractivity contribution in [1.82, 2.24) is 19.7 Å². The number of aryl methyl sites for hydroxylation is 1. The third-order valence-electron chi connectivity index (χ3n) is 4.32. The molecular formula is C17H22N4O2. The zero-order valence-corrected chi connectivity index (χ0v) is 13.7. The third-order valence-corrected chi connectivity index (χ3v) is 4.32. The van der Waals surface area contributed by atoms with Crippen molar-refractivity contribution in [2.24, 2.45) is 7.05 Å². The summed E-state index contributed by atoms with van der Waals surface area (Å²) in [6.45, 7) is 4.22. The lowest BCUT2D eigenvalue weighted by molar-refractivity contribution is 0.000337. The molecule has 1 aliphatic heterocycles. The molecule has 1 fully saturated rings. The van der Waals surface area contributed by atoms with Gasteiger partial charge in [-0.2, -0.15) is 5.10 Å². The van der Waals surface area contributed by atoms with E-state index >= 15 is 0 Å². The van der Waals surface area contributed by atoms with Gasteiger partial charge in [0.15, 0.2) is 5.82 Å². The Labute approximate surface area is 135 Å². The van der Waals surface area contributed by atoms with Crippen molar-refractivity contribution in [1.29, 1.82) is 0 Å². The highest BCUT2D eigenvalue weighted by Crippen LogP contribution is 2.28. The summed E-state index contributed by atoms with van der Waals surface area (Å²) in [6.07, 6.45) is 3.41. The maximum atomic E-state index is 12.7. The van der Waals surface area contributed by atoms with Crippen LogP contribution in [0.3, 0.4) is 0 Å². The van der Waals surface area contributed by atoms with Crippen molar-refractivity contribution >= 4 is 5.91 Å². The topological polar surface area (TPSA) is 71.2 Å². The Morgan fingerprint density at radius 1 is 1.30 bits per heavy atom. The molecule has 0 saturated carbocycles. The molecule has 23 heavy (non-hydrogen) atoms. The molecule has 122 valence electrons. The van der Waals surface area contributed by atoms with Crippen LogP contribution in [0.4, 0.5) is 0 Å². The molecule has 0 bridgehead atoms. The predicted molar refractivity (Wildman–Crippen MR) is 86.8 cm³/mol. The molecular weight excluding hydrogens is 292 g/mol. The van der Waals surface area contributed by atoms with E-state index in [-0.39, 0.29) is 11.9 Å². The van der Waals surface area contributed by atoms with Gasteiger partial charge in [0.1, 0.15) is 6.33 Å². The predicted octanol–water partition coefficient (Wildman–Crippen LogP) is 1.86. The van der Waals surface area contributed by atoms with Gasteiger partial charge in [-0.1, -0.05) is 12.1 Å². The van der Waals surface area contributed by atoms with Gasteiger partial charge in [-0.25, -0.2) is 4.98 Å². The van der Waals surface area contributed by atoms with Crippen LogP contribution in [0.25, 0.3) is 11.4 Å². The Hall–Kier alpha value is -2.21. The molecule has 1 amide bonds. The number of rotatable bonds is 3. The first-order valence-electron chi connectivity index (χ1n) is 7.85. The summed E-state index contributed by atoms with van der Waals surface area (Å²) in [5.74, 6) is 0.609. The van der Waals surface area contributed by atoms with E-state index in [0.29, 0.717) is 17.9 Å². The number of carbonyl (C=O) groups excluding carboxylic acids is 1. The van der Waals surface area contributed by atoms with Crippen molar-refractivity contribution in [3.05, 3.63) is 36.2 Å². The highest BCUT2D eigenvalue weighted by atomic mass is 16.3. The molecule has 1 aromatic carbocycles. The molecule has 1 aliphatic rings. The van der Waals surface area contributed by atoms with Crippen LogP contribution >= 0.6 is 0 Å². The molecule has 0 radical (unpaired) electrons. The molecule has 2 aromatic rings. The van der Waals surface area contributed by atoms with Crippen molar-refractivity contribution in [2.75, 3.05) is 6.54 Å². The van der Waals surface area contributed by atoms with Crippen molar-refractivity contribution in [2.45, 2.75) is 38.3 Å². The van der Waals surface area contributed by atoms with Crippen LogP contribution in [-0.2, 0) is 7.05 Å². The van der Waals surface area contributed by atoms with Gasteiger partial charge in [0.2, 0.25) is 0 Å². The molecule has 1 atom stereocenters. The number of hydrogen-bond acceptors (Lipinski definition) is 4. The van der Waals surface area contributed by atoms with E-state index in [1.54, 1.807) is 41.9 Å². The maximum absolute atomic E-state index is 12.7. The van der Waals surface area contributed by atoms with Gasteiger partial charge in [0, 0.05) is 24.7 Å². The van der Waals surface area contributed by atoms with Gasteiger partial charge in [-0.3, -0.25) is 9.48 Å². The van der Waals surface area contributed by atoms with Crippen LogP contribution in [0.1, 0.15) is 37.0 Å². The summed E-state index contributed by atoms with van der Waals surface area (Å²) in [4.78, 5) is 18.7. The Balaban J connectivity index is 1.80. The summed E-state index contributed by atoms with van der Waals surface area (Å²) in [6, 6.07) is 7.18. The smallest absolute Gasteiger partial charge is 0.254 e. The van der Waals surface area contributed by atoms with Crippen LogP contribution in [0, 0.1) is 0 Å². The van der Waals surface area contributed by atoms with E-state index in [1.807, 2.05) is 19.2 Å².